The first-order valence-corrected chi connectivity index (χ1v) is 18.2. The summed E-state index contributed by atoms with van der Waals surface area (Å²) >= 11 is 0. The van der Waals surface area contributed by atoms with Gasteiger partial charge in [-0.05, 0) is 74.3 Å². The van der Waals surface area contributed by atoms with Crippen LogP contribution < -0.4 is 10.8 Å². The molecular weight excluding hydrogens is 654 g/mol. The van der Waals surface area contributed by atoms with Crippen molar-refractivity contribution in [3.05, 3.63) is 58.7 Å². The zero-order valence-corrected chi connectivity index (χ0v) is 29.7. The van der Waals surface area contributed by atoms with Crippen LogP contribution in [-0.4, -0.2) is 142 Å². The Kier molecular flexibility index (Phi) is 11.6. The Morgan fingerprint density at radius 1 is 0.882 bits per heavy atom. The van der Waals surface area contributed by atoms with Crippen molar-refractivity contribution in [1.82, 2.24) is 30.0 Å². The topological polar surface area (TPSA) is 158 Å². The second kappa shape index (κ2) is 16.3. The molecule has 51 heavy (non-hydrogen) atoms. The number of urea groups is 1. The summed E-state index contributed by atoms with van der Waals surface area (Å²) in [6.45, 7) is 9.20. The number of phenols is 1. The van der Waals surface area contributed by atoms with Crippen LogP contribution in [0.4, 0.5) is 15.3 Å². The number of piperazine rings is 1. The molecule has 2 aromatic carbocycles. The number of aromatic hydroxyl groups is 1. The number of amides is 5. The highest BCUT2D eigenvalue weighted by atomic mass is 16.6. The number of carbonyl (C=O) groups excluding carboxylic acids is 4. The maximum atomic E-state index is 14.1. The summed E-state index contributed by atoms with van der Waals surface area (Å²) in [7, 11) is 0. The molecule has 0 aliphatic carbocycles. The van der Waals surface area contributed by atoms with Crippen LogP contribution in [0.1, 0.15) is 47.9 Å². The number of benzene rings is 2. The van der Waals surface area contributed by atoms with Crippen molar-refractivity contribution in [2.75, 3.05) is 70.8 Å². The molecule has 0 saturated carbocycles. The van der Waals surface area contributed by atoms with E-state index < -0.39 is 18.1 Å². The van der Waals surface area contributed by atoms with Gasteiger partial charge >= 0.3 is 12.1 Å². The number of piperidine rings is 2. The Balaban J connectivity index is 1.06. The molecule has 4 N–H and O–H groups in total. The zero-order chi connectivity index (χ0) is 36.1. The van der Waals surface area contributed by atoms with Crippen LogP contribution in [0.25, 0.3) is 0 Å². The van der Waals surface area contributed by atoms with Gasteiger partial charge in [0.15, 0.2) is 6.10 Å². The summed E-state index contributed by atoms with van der Waals surface area (Å²) in [4.78, 5) is 62.1. The van der Waals surface area contributed by atoms with Crippen LogP contribution >= 0.6 is 0 Å². The molecule has 0 radical (unpaired) electrons. The highest BCUT2D eigenvalue weighted by Gasteiger charge is 2.36. The van der Waals surface area contributed by atoms with Crippen molar-refractivity contribution < 1.29 is 34.2 Å². The van der Waals surface area contributed by atoms with Crippen LogP contribution in [0.3, 0.4) is 0 Å². The van der Waals surface area contributed by atoms with Crippen molar-refractivity contribution in [3.63, 3.8) is 0 Å². The van der Waals surface area contributed by atoms with Gasteiger partial charge in [0.1, 0.15) is 5.75 Å². The summed E-state index contributed by atoms with van der Waals surface area (Å²) in [6, 6.07) is 11.7. The standard InChI is InChI=1S/C37H51N7O7/c1-25-21-27(22-26(2)34(25)46)23-32(35(47)42-19-17-41(18-20-42)29-8-12-40(13-9-29)24-33(45)39-50)51-37(49)43-14-10-30(11-15-43)44-16-7-28-5-3-4-6-31(28)38-36(44)48/h3-6,21-22,29-30,32,46,50H,7-20,23-24H2,1-2H3,(H,38,48)(H,39,45). The largest absolute Gasteiger partial charge is 0.507 e. The van der Waals surface area contributed by atoms with E-state index in [1.807, 2.05) is 60.0 Å². The van der Waals surface area contributed by atoms with Crippen molar-refractivity contribution >= 4 is 29.6 Å². The lowest BCUT2D eigenvalue weighted by Gasteiger charge is -2.43. The summed E-state index contributed by atoms with van der Waals surface area (Å²) in [5.74, 6) is -0.430. The molecule has 0 spiro atoms. The molecule has 276 valence electrons. The number of nitrogens with one attached hydrogen (secondary N) is 2. The first kappa shape index (κ1) is 36.4. The molecule has 1 atom stereocenters. The molecule has 6 rings (SSSR count). The number of nitrogens with zero attached hydrogens (tertiary/aromatic N) is 5. The molecule has 5 amide bonds. The van der Waals surface area contributed by atoms with E-state index in [4.69, 9.17) is 9.94 Å². The number of hydrogen-bond acceptors (Lipinski definition) is 9. The van der Waals surface area contributed by atoms with Gasteiger partial charge in [0, 0.05) is 83.1 Å². The molecule has 4 heterocycles. The van der Waals surface area contributed by atoms with E-state index in [1.165, 1.54) is 0 Å². The first-order valence-electron chi connectivity index (χ1n) is 18.2. The first-order chi connectivity index (χ1) is 24.6. The fourth-order valence-electron chi connectivity index (χ4n) is 8.04. The lowest BCUT2D eigenvalue weighted by Crippen LogP contribution is -2.57. The van der Waals surface area contributed by atoms with E-state index in [9.17, 15) is 24.3 Å². The number of likely N-dealkylation sites (tertiary alicyclic amines) is 2. The number of rotatable bonds is 8. The number of para-hydroxylation sites is 1. The Morgan fingerprint density at radius 3 is 2.20 bits per heavy atom. The van der Waals surface area contributed by atoms with E-state index >= 15 is 0 Å². The molecule has 3 fully saturated rings. The lowest BCUT2D eigenvalue weighted by atomic mass is 10.00. The Labute approximate surface area is 299 Å². The second-order valence-corrected chi connectivity index (χ2v) is 14.3. The van der Waals surface area contributed by atoms with Crippen LogP contribution in [0.2, 0.25) is 0 Å². The molecule has 14 heteroatoms. The minimum absolute atomic E-state index is 0.00712. The Hall–Kier alpha value is -4.40. The van der Waals surface area contributed by atoms with Gasteiger partial charge in [-0.2, -0.15) is 0 Å². The lowest BCUT2D eigenvalue weighted by molar-refractivity contribution is -0.143. The maximum absolute atomic E-state index is 14.1. The number of aryl methyl sites for hydroxylation is 2. The second-order valence-electron chi connectivity index (χ2n) is 14.3. The number of fused-ring (bicyclic) bond motifs is 1. The number of phenolic OH excluding ortho intramolecular Hbond substituents is 1. The van der Waals surface area contributed by atoms with Crippen molar-refractivity contribution in [2.45, 2.75) is 70.6 Å². The van der Waals surface area contributed by atoms with Crippen LogP contribution in [0.5, 0.6) is 5.75 Å². The van der Waals surface area contributed by atoms with Gasteiger partial charge in [-0.25, -0.2) is 15.1 Å². The van der Waals surface area contributed by atoms with E-state index in [2.05, 4.69) is 10.2 Å². The number of hydrogen-bond donors (Lipinski definition) is 4. The van der Waals surface area contributed by atoms with Gasteiger partial charge in [0.25, 0.3) is 11.8 Å². The number of carbonyl (C=O) groups is 4. The molecule has 1 unspecified atom stereocenters. The molecule has 2 aromatic rings. The van der Waals surface area contributed by atoms with Gasteiger partial charge in [0.2, 0.25) is 0 Å². The van der Waals surface area contributed by atoms with Gasteiger partial charge in [-0.15, -0.1) is 0 Å². The van der Waals surface area contributed by atoms with E-state index in [1.54, 1.807) is 15.3 Å². The van der Waals surface area contributed by atoms with E-state index in [0.29, 0.717) is 75.8 Å². The van der Waals surface area contributed by atoms with Gasteiger partial charge in [0.05, 0.1) is 6.54 Å². The minimum atomic E-state index is -1.03. The van der Waals surface area contributed by atoms with E-state index in [-0.39, 0.29) is 36.7 Å². The number of anilines is 1. The third kappa shape index (κ3) is 8.74. The van der Waals surface area contributed by atoms with E-state index in [0.717, 1.165) is 49.2 Å². The highest BCUT2D eigenvalue weighted by Crippen LogP contribution is 2.27. The van der Waals surface area contributed by atoms with Gasteiger partial charge in [-0.1, -0.05) is 30.3 Å². The maximum Gasteiger partial charge on any atom is 0.410 e. The summed E-state index contributed by atoms with van der Waals surface area (Å²) in [5, 5.41) is 22.2. The van der Waals surface area contributed by atoms with Crippen molar-refractivity contribution in [3.8, 4) is 5.75 Å². The van der Waals surface area contributed by atoms with Crippen molar-refractivity contribution in [2.24, 2.45) is 0 Å². The highest BCUT2D eigenvalue weighted by molar-refractivity contribution is 5.91. The third-order valence-corrected chi connectivity index (χ3v) is 11.0. The monoisotopic (exact) mass is 705 g/mol. The molecular formula is C37H51N7O7. The molecule has 3 saturated heterocycles. The fraction of sp³-hybridized carbons (Fsp3) is 0.568. The number of ether oxygens (including phenoxy) is 1. The summed E-state index contributed by atoms with van der Waals surface area (Å²) in [6.07, 6.45) is 2.42. The summed E-state index contributed by atoms with van der Waals surface area (Å²) in [5.41, 5.74) is 5.85. The molecule has 14 nitrogen and oxygen atoms in total. The molecule has 0 bridgehead atoms. The Bertz CT molecular complexity index is 1560. The molecule has 4 aliphatic heterocycles. The third-order valence-electron chi connectivity index (χ3n) is 11.0. The zero-order valence-electron chi connectivity index (χ0n) is 29.7. The van der Waals surface area contributed by atoms with Gasteiger partial charge < -0.3 is 29.9 Å². The SMILES string of the molecule is Cc1cc(CC(OC(=O)N2CCC(N3CCc4ccccc4NC3=O)CC2)C(=O)N2CCN(C3CCN(CC(=O)NO)CC3)CC2)cc(C)c1O. The smallest absolute Gasteiger partial charge is 0.410 e. The average Bonchev–Trinajstić information content (AvgIpc) is 3.31. The average molecular weight is 706 g/mol. The molecule has 0 aromatic heterocycles. The van der Waals surface area contributed by atoms with Gasteiger partial charge in [-0.3, -0.25) is 24.6 Å². The predicted octanol–water partition coefficient (Wildman–Crippen LogP) is 2.73. The normalized spacial score (nSPS) is 20.3. The van der Waals surface area contributed by atoms with Crippen molar-refractivity contribution in [1.29, 1.82) is 0 Å². The minimum Gasteiger partial charge on any atom is -0.507 e. The van der Waals surface area contributed by atoms with Crippen LogP contribution in [0, 0.1) is 13.8 Å². The van der Waals surface area contributed by atoms with Crippen LogP contribution in [-0.2, 0) is 27.2 Å². The predicted molar refractivity (Wildman–Crippen MR) is 190 cm³/mol. The summed E-state index contributed by atoms with van der Waals surface area (Å²) < 4.78 is 6.05. The quantitative estimate of drug-likeness (QED) is 0.240. The molecule has 4 aliphatic rings. The fourth-order valence-corrected chi connectivity index (χ4v) is 8.04. The number of hydroxylamine groups is 1. The van der Waals surface area contributed by atoms with Crippen LogP contribution in [0.15, 0.2) is 36.4 Å². The Morgan fingerprint density at radius 2 is 1.53 bits per heavy atom.